The summed E-state index contributed by atoms with van der Waals surface area (Å²) in [5.41, 5.74) is 2.27. The van der Waals surface area contributed by atoms with Crippen LogP contribution in [0.25, 0.3) is 0 Å². The minimum atomic E-state index is 0.530. The second kappa shape index (κ2) is 5.56. The molecule has 0 aliphatic heterocycles. The van der Waals surface area contributed by atoms with E-state index >= 15 is 0 Å². The van der Waals surface area contributed by atoms with Crippen LogP contribution < -0.4 is 4.74 Å². The summed E-state index contributed by atoms with van der Waals surface area (Å²) in [5.74, 6) is 1.64. The van der Waals surface area contributed by atoms with E-state index in [9.17, 15) is 0 Å². The van der Waals surface area contributed by atoms with Gasteiger partial charge < -0.3 is 4.74 Å². The molecule has 0 N–H and O–H groups in total. The molecule has 0 amide bonds. The third-order valence-electron chi connectivity index (χ3n) is 2.43. The molecule has 2 nitrogen and oxygen atoms in total. The van der Waals surface area contributed by atoms with Crippen molar-refractivity contribution >= 4 is 24.0 Å². The van der Waals surface area contributed by atoms with E-state index in [0.29, 0.717) is 6.61 Å². The first-order valence-electron chi connectivity index (χ1n) is 5.44. The fourth-order valence-electron chi connectivity index (χ4n) is 1.55. The molecule has 0 unspecified atom stereocenters. The van der Waals surface area contributed by atoms with Gasteiger partial charge in [0.2, 0.25) is 0 Å². The highest BCUT2D eigenvalue weighted by molar-refractivity contribution is 7.79. The van der Waals surface area contributed by atoms with E-state index in [-0.39, 0.29) is 0 Å². The molecule has 2 aromatic rings. The summed E-state index contributed by atoms with van der Waals surface area (Å²) >= 11 is 5.94. The lowest BCUT2D eigenvalue weighted by atomic mass is 10.2. The number of thiazole rings is 1. The van der Waals surface area contributed by atoms with Gasteiger partial charge in [-0.3, -0.25) is 0 Å². The predicted molar refractivity (Wildman–Crippen MR) is 75.1 cm³/mol. The molecule has 1 heterocycles. The Morgan fingerprint density at radius 3 is 2.82 bits per heavy atom. The van der Waals surface area contributed by atoms with Gasteiger partial charge in [-0.1, -0.05) is 12.1 Å². The number of aromatic nitrogens is 1. The zero-order valence-corrected chi connectivity index (χ0v) is 11.6. The molecule has 90 valence electrons. The maximum Gasteiger partial charge on any atom is 0.140 e. The maximum atomic E-state index is 5.71. The van der Waals surface area contributed by atoms with Crippen LogP contribution in [0.3, 0.4) is 0 Å². The minimum absolute atomic E-state index is 0.530. The zero-order valence-electron chi connectivity index (χ0n) is 9.93. The summed E-state index contributed by atoms with van der Waals surface area (Å²) in [6.07, 6.45) is 0. The Morgan fingerprint density at radius 2 is 2.18 bits per heavy atom. The first-order valence-corrected chi connectivity index (χ1v) is 6.89. The molecule has 0 saturated carbocycles. The number of thiol groups is 1. The van der Waals surface area contributed by atoms with E-state index in [0.717, 1.165) is 22.2 Å². The first-order chi connectivity index (χ1) is 8.19. The molecule has 0 aliphatic rings. The Bertz CT molecular complexity index is 508. The van der Waals surface area contributed by atoms with Crippen LogP contribution in [0.15, 0.2) is 24.3 Å². The number of hydrogen-bond acceptors (Lipinski definition) is 4. The molecule has 2 rings (SSSR count). The lowest BCUT2D eigenvalue weighted by molar-refractivity contribution is 0.305. The Balaban J connectivity index is 2.02. The smallest absolute Gasteiger partial charge is 0.140 e. The highest BCUT2D eigenvalue weighted by Gasteiger charge is 2.06. The fraction of sp³-hybridized carbons (Fsp3) is 0.308. The van der Waals surface area contributed by atoms with Gasteiger partial charge in [-0.2, -0.15) is 12.6 Å². The van der Waals surface area contributed by atoms with Crippen LogP contribution in [0.2, 0.25) is 0 Å². The minimum Gasteiger partial charge on any atom is -0.486 e. The van der Waals surface area contributed by atoms with E-state index < -0.39 is 0 Å². The second-order valence-electron chi connectivity index (χ2n) is 3.88. The average Bonchev–Trinajstić information content (AvgIpc) is 2.67. The lowest BCUT2D eigenvalue weighted by Gasteiger charge is -2.04. The molecular formula is C13H15NOS2. The topological polar surface area (TPSA) is 22.1 Å². The van der Waals surface area contributed by atoms with E-state index in [4.69, 9.17) is 4.74 Å². The average molecular weight is 265 g/mol. The third-order valence-corrected chi connectivity index (χ3v) is 4.09. The monoisotopic (exact) mass is 265 g/mol. The Morgan fingerprint density at radius 1 is 1.35 bits per heavy atom. The van der Waals surface area contributed by atoms with E-state index in [1.807, 2.05) is 25.1 Å². The van der Waals surface area contributed by atoms with E-state index in [1.54, 1.807) is 11.3 Å². The molecule has 0 aliphatic carbocycles. The van der Waals surface area contributed by atoms with Crippen molar-refractivity contribution in [3.05, 3.63) is 45.4 Å². The van der Waals surface area contributed by atoms with Crippen LogP contribution in [0, 0.1) is 13.8 Å². The van der Waals surface area contributed by atoms with E-state index in [2.05, 4.69) is 30.6 Å². The van der Waals surface area contributed by atoms with Gasteiger partial charge in [0.05, 0.1) is 5.69 Å². The van der Waals surface area contributed by atoms with Gasteiger partial charge in [0.1, 0.15) is 17.4 Å². The van der Waals surface area contributed by atoms with Crippen LogP contribution in [-0.2, 0) is 12.4 Å². The predicted octanol–water partition coefficient (Wildman–Crippen LogP) is 3.77. The summed E-state index contributed by atoms with van der Waals surface area (Å²) in [5, 5.41) is 1.01. The zero-order chi connectivity index (χ0) is 12.3. The van der Waals surface area contributed by atoms with Crippen LogP contribution >= 0.6 is 24.0 Å². The van der Waals surface area contributed by atoms with Gasteiger partial charge in [-0.05, 0) is 31.5 Å². The maximum absolute atomic E-state index is 5.71. The van der Waals surface area contributed by atoms with E-state index in [1.165, 1.54) is 10.4 Å². The largest absolute Gasteiger partial charge is 0.486 e. The summed E-state index contributed by atoms with van der Waals surface area (Å²) in [6, 6.07) is 8.04. The van der Waals surface area contributed by atoms with Crippen molar-refractivity contribution < 1.29 is 4.74 Å². The summed E-state index contributed by atoms with van der Waals surface area (Å²) in [6.45, 7) is 4.60. The van der Waals surface area contributed by atoms with Crippen molar-refractivity contribution in [2.24, 2.45) is 0 Å². The molecule has 0 spiro atoms. The van der Waals surface area contributed by atoms with Gasteiger partial charge in [0.25, 0.3) is 0 Å². The second-order valence-corrected chi connectivity index (χ2v) is 5.36. The number of hydrogen-bond donors (Lipinski definition) is 1. The van der Waals surface area contributed by atoms with Crippen molar-refractivity contribution in [1.82, 2.24) is 4.98 Å². The Hall–Kier alpha value is -1.000. The van der Waals surface area contributed by atoms with Crippen molar-refractivity contribution in [3.8, 4) is 5.75 Å². The number of benzene rings is 1. The summed E-state index contributed by atoms with van der Waals surface area (Å²) < 4.78 is 5.71. The number of rotatable bonds is 4. The summed E-state index contributed by atoms with van der Waals surface area (Å²) in [4.78, 5) is 5.68. The van der Waals surface area contributed by atoms with Gasteiger partial charge in [-0.15, -0.1) is 11.3 Å². The standard InChI is InChI=1S/C13H15NOS2/c1-9-4-3-5-11(6-9)15-7-13-14-10(2)12(8-16)17-13/h3-6,16H,7-8H2,1-2H3. The van der Waals surface area contributed by atoms with Crippen molar-refractivity contribution in [3.63, 3.8) is 0 Å². The molecule has 4 heteroatoms. The lowest BCUT2D eigenvalue weighted by Crippen LogP contribution is -1.94. The highest BCUT2D eigenvalue weighted by atomic mass is 32.1. The molecule has 17 heavy (non-hydrogen) atoms. The molecule has 1 aromatic carbocycles. The summed E-state index contributed by atoms with van der Waals surface area (Å²) in [7, 11) is 0. The molecule has 0 saturated heterocycles. The Labute approximate surface area is 111 Å². The van der Waals surface area contributed by atoms with Crippen LogP contribution in [0.5, 0.6) is 5.75 Å². The molecule has 0 bridgehead atoms. The first kappa shape index (κ1) is 12.5. The third kappa shape index (κ3) is 3.23. The fourth-order valence-corrected chi connectivity index (χ4v) is 2.81. The van der Waals surface area contributed by atoms with Gasteiger partial charge in [-0.25, -0.2) is 4.98 Å². The van der Waals surface area contributed by atoms with Crippen LogP contribution in [0.1, 0.15) is 21.1 Å². The number of ether oxygens (including phenoxy) is 1. The van der Waals surface area contributed by atoms with Crippen molar-refractivity contribution in [1.29, 1.82) is 0 Å². The van der Waals surface area contributed by atoms with Crippen LogP contribution in [-0.4, -0.2) is 4.98 Å². The molecular weight excluding hydrogens is 250 g/mol. The SMILES string of the molecule is Cc1cccc(OCc2nc(C)c(CS)s2)c1. The van der Waals surface area contributed by atoms with Gasteiger partial charge in [0.15, 0.2) is 0 Å². The number of nitrogens with zero attached hydrogens (tertiary/aromatic N) is 1. The molecule has 1 aromatic heterocycles. The van der Waals surface area contributed by atoms with Crippen LogP contribution in [0.4, 0.5) is 0 Å². The van der Waals surface area contributed by atoms with Crippen molar-refractivity contribution in [2.75, 3.05) is 0 Å². The highest BCUT2D eigenvalue weighted by Crippen LogP contribution is 2.21. The van der Waals surface area contributed by atoms with Gasteiger partial charge >= 0.3 is 0 Å². The Kier molecular flexibility index (Phi) is 4.07. The molecule has 0 radical (unpaired) electrons. The number of aryl methyl sites for hydroxylation is 2. The quantitative estimate of drug-likeness (QED) is 0.850. The van der Waals surface area contributed by atoms with Crippen molar-refractivity contribution in [2.45, 2.75) is 26.2 Å². The molecule has 0 atom stereocenters. The van der Waals surface area contributed by atoms with Gasteiger partial charge in [0, 0.05) is 10.6 Å². The normalized spacial score (nSPS) is 10.5. The molecule has 0 fully saturated rings.